The number of amides is 3. The maximum atomic E-state index is 14.6. The number of aliphatic hydroxyl groups is 1. The van der Waals surface area contributed by atoms with Crippen LogP contribution >= 0.6 is 0 Å². The molecular weight excluding hydrogens is 494 g/mol. The number of carbonyl (C=O) groups is 3. The first-order valence-corrected chi connectivity index (χ1v) is 15.1. The molecule has 0 aromatic carbocycles. The van der Waals surface area contributed by atoms with Gasteiger partial charge in [0.15, 0.2) is 0 Å². The van der Waals surface area contributed by atoms with Gasteiger partial charge >= 0.3 is 0 Å². The second kappa shape index (κ2) is 12.1. The van der Waals surface area contributed by atoms with Crippen molar-refractivity contribution in [2.24, 2.45) is 17.8 Å². The van der Waals surface area contributed by atoms with Gasteiger partial charge in [0.25, 0.3) is 0 Å². The topological polar surface area (TPSA) is 90.4 Å². The Kier molecular flexibility index (Phi) is 9.26. The summed E-state index contributed by atoms with van der Waals surface area (Å²) in [4.78, 5) is 48.6. The fourth-order valence-electron chi connectivity index (χ4n) is 8.05. The Labute approximate surface area is 234 Å². The van der Waals surface area contributed by atoms with E-state index < -0.39 is 29.1 Å². The lowest BCUT2D eigenvalue weighted by atomic mass is 9.62. The molecule has 1 aliphatic carbocycles. The third-order valence-electron chi connectivity index (χ3n) is 9.90. The van der Waals surface area contributed by atoms with E-state index in [9.17, 15) is 19.5 Å². The maximum Gasteiger partial charge on any atom is 0.248 e. The Balaban J connectivity index is 1.77. The molecule has 3 amide bonds. The van der Waals surface area contributed by atoms with Crippen LogP contribution in [-0.4, -0.2) is 93.6 Å². The van der Waals surface area contributed by atoms with Gasteiger partial charge < -0.3 is 24.5 Å². The van der Waals surface area contributed by atoms with E-state index >= 15 is 0 Å². The maximum absolute atomic E-state index is 14.6. The average molecular weight is 544 g/mol. The molecule has 1 saturated carbocycles. The van der Waals surface area contributed by atoms with Gasteiger partial charge in [-0.25, -0.2) is 0 Å². The Bertz CT molecular complexity index is 949. The van der Waals surface area contributed by atoms with Crippen molar-refractivity contribution in [3.8, 4) is 0 Å². The molecule has 218 valence electrons. The molecule has 3 heterocycles. The van der Waals surface area contributed by atoms with Gasteiger partial charge in [0.1, 0.15) is 11.6 Å². The standard InChI is InChI=1S/C31H49N3O5/c1-6-16-32(17-7-2)27(36)24-25-28(37)34(19-12-13-20-35)26(31(25)21-22(4)30(24,5)39-31)29(38)33(18-8-3)23-14-10-9-11-15-23/h6,8,22-26,35H,1,3,7,9-21H2,2,4-5H3/t22?,24-,25+,26?,30+,31?/m1/s1. The predicted octanol–water partition coefficient (Wildman–Crippen LogP) is 3.54. The molecule has 8 nitrogen and oxygen atoms in total. The van der Waals surface area contributed by atoms with Gasteiger partial charge in [-0.15, -0.1) is 13.2 Å². The minimum Gasteiger partial charge on any atom is -0.396 e. The lowest BCUT2D eigenvalue weighted by molar-refractivity contribution is -0.156. The largest absolute Gasteiger partial charge is 0.396 e. The van der Waals surface area contributed by atoms with Crippen LogP contribution < -0.4 is 0 Å². The van der Waals surface area contributed by atoms with Crippen molar-refractivity contribution in [2.45, 2.75) is 102 Å². The molecule has 4 rings (SSSR count). The monoisotopic (exact) mass is 543 g/mol. The van der Waals surface area contributed by atoms with E-state index in [2.05, 4.69) is 20.1 Å². The van der Waals surface area contributed by atoms with Crippen molar-refractivity contribution in [3.63, 3.8) is 0 Å². The van der Waals surface area contributed by atoms with Crippen LogP contribution in [0.1, 0.15) is 78.6 Å². The Morgan fingerprint density at radius 1 is 1.13 bits per heavy atom. The minimum atomic E-state index is -1.04. The highest BCUT2D eigenvalue weighted by Gasteiger charge is 2.80. The third kappa shape index (κ3) is 4.96. The van der Waals surface area contributed by atoms with Crippen molar-refractivity contribution in [3.05, 3.63) is 25.3 Å². The number of nitrogens with zero attached hydrogens (tertiary/aromatic N) is 3. The Hall–Kier alpha value is -2.19. The Morgan fingerprint density at radius 2 is 1.82 bits per heavy atom. The van der Waals surface area contributed by atoms with E-state index in [1.165, 1.54) is 6.42 Å². The number of hydrogen-bond donors (Lipinski definition) is 1. The molecule has 0 aromatic heterocycles. The van der Waals surface area contributed by atoms with Crippen LogP contribution in [0, 0.1) is 17.8 Å². The number of hydrogen-bond acceptors (Lipinski definition) is 5. The minimum absolute atomic E-state index is 0.0120. The summed E-state index contributed by atoms with van der Waals surface area (Å²) < 4.78 is 6.92. The average Bonchev–Trinajstić information content (AvgIpc) is 3.43. The molecule has 4 fully saturated rings. The first-order chi connectivity index (χ1) is 18.7. The van der Waals surface area contributed by atoms with Gasteiger partial charge in [0.2, 0.25) is 17.7 Å². The highest BCUT2D eigenvalue weighted by atomic mass is 16.5. The molecule has 0 radical (unpaired) electrons. The van der Waals surface area contributed by atoms with Crippen LogP contribution in [-0.2, 0) is 19.1 Å². The Morgan fingerprint density at radius 3 is 2.44 bits per heavy atom. The quantitative estimate of drug-likeness (QED) is 0.284. The van der Waals surface area contributed by atoms with Gasteiger partial charge in [-0.1, -0.05) is 45.3 Å². The number of fused-ring (bicyclic) bond motifs is 1. The fraction of sp³-hybridized carbons (Fsp3) is 0.774. The molecule has 39 heavy (non-hydrogen) atoms. The molecule has 1 N–H and O–H groups in total. The van der Waals surface area contributed by atoms with E-state index in [0.717, 1.165) is 32.1 Å². The highest BCUT2D eigenvalue weighted by Crippen LogP contribution is 2.65. The summed E-state index contributed by atoms with van der Waals surface area (Å²) >= 11 is 0. The lowest BCUT2D eigenvalue weighted by Crippen LogP contribution is -2.58. The molecule has 3 aliphatic heterocycles. The first-order valence-electron chi connectivity index (χ1n) is 15.1. The number of aliphatic hydroxyl groups excluding tert-OH is 1. The summed E-state index contributed by atoms with van der Waals surface area (Å²) in [5, 5.41) is 9.45. The van der Waals surface area contributed by atoms with E-state index in [1.807, 2.05) is 18.7 Å². The van der Waals surface area contributed by atoms with E-state index in [-0.39, 0.29) is 36.3 Å². The van der Waals surface area contributed by atoms with E-state index in [1.54, 1.807) is 22.0 Å². The molecule has 3 saturated heterocycles. The van der Waals surface area contributed by atoms with E-state index in [4.69, 9.17) is 4.74 Å². The van der Waals surface area contributed by atoms with Crippen molar-refractivity contribution >= 4 is 17.7 Å². The predicted molar refractivity (Wildman–Crippen MR) is 151 cm³/mol. The SMILES string of the molecule is C=CCN(CCC)C(=O)[C@H]1[C@H]2C(=O)N(CCCCO)C(C(=O)N(CC=C)C3CCCCC3)C23CC(C)[C@]1(C)O3. The normalized spacial score (nSPS) is 33.7. The van der Waals surface area contributed by atoms with Gasteiger partial charge in [0.05, 0.1) is 17.4 Å². The summed E-state index contributed by atoms with van der Waals surface area (Å²) in [6.45, 7) is 15.7. The van der Waals surface area contributed by atoms with Gasteiger partial charge in [-0.2, -0.15) is 0 Å². The number of carbonyl (C=O) groups excluding carboxylic acids is 3. The molecule has 6 atom stereocenters. The van der Waals surface area contributed by atoms with E-state index in [0.29, 0.717) is 45.4 Å². The van der Waals surface area contributed by atoms with Crippen LogP contribution in [0.5, 0.6) is 0 Å². The zero-order chi connectivity index (χ0) is 28.4. The highest BCUT2D eigenvalue weighted by molar-refractivity contribution is 5.99. The number of ether oxygens (including phenoxy) is 1. The zero-order valence-electron chi connectivity index (χ0n) is 24.3. The second-order valence-corrected chi connectivity index (χ2v) is 12.3. The van der Waals surface area contributed by atoms with Crippen molar-refractivity contribution < 1.29 is 24.2 Å². The van der Waals surface area contributed by atoms with Gasteiger partial charge in [0, 0.05) is 38.8 Å². The number of likely N-dealkylation sites (tertiary alicyclic amines) is 1. The molecule has 4 aliphatic rings. The van der Waals surface area contributed by atoms with Gasteiger partial charge in [-0.05, 0) is 51.4 Å². The first kappa shape index (κ1) is 29.8. The third-order valence-corrected chi connectivity index (χ3v) is 9.90. The van der Waals surface area contributed by atoms with Crippen molar-refractivity contribution in [2.75, 3.05) is 32.8 Å². The van der Waals surface area contributed by atoms with Crippen LogP contribution in [0.4, 0.5) is 0 Å². The summed E-state index contributed by atoms with van der Waals surface area (Å²) in [5.74, 6) is -1.65. The molecule has 2 bridgehead atoms. The van der Waals surface area contributed by atoms with Crippen molar-refractivity contribution in [1.82, 2.24) is 14.7 Å². The summed E-state index contributed by atoms with van der Waals surface area (Å²) in [7, 11) is 0. The van der Waals surface area contributed by atoms with Gasteiger partial charge in [-0.3, -0.25) is 14.4 Å². The summed E-state index contributed by atoms with van der Waals surface area (Å²) in [5.41, 5.74) is -1.86. The molecule has 1 spiro atoms. The summed E-state index contributed by atoms with van der Waals surface area (Å²) in [6, 6.07) is -0.664. The molecular formula is C31H49N3O5. The zero-order valence-corrected chi connectivity index (χ0v) is 24.3. The fourth-order valence-corrected chi connectivity index (χ4v) is 8.05. The van der Waals surface area contributed by atoms with Crippen LogP contribution in [0.2, 0.25) is 0 Å². The lowest BCUT2D eigenvalue weighted by Gasteiger charge is -2.41. The summed E-state index contributed by atoms with van der Waals surface area (Å²) in [6.07, 6.45) is 11.2. The number of rotatable bonds is 13. The molecule has 8 heteroatoms. The smallest absolute Gasteiger partial charge is 0.248 e. The van der Waals surface area contributed by atoms with Crippen LogP contribution in [0.25, 0.3) is 0 Å². The molecule has 0 aromatic rings. The second-order valence-electron chi connectivity index (χ2n) is 12.3. The molecule has 3 unspecified atom stereocenters. The van der Waals surface area contributed by atoms with Crippen LogP contribution in [0.3, 0.4) is 0 Å². The number of unbranched alkanes of at least 4 members (excludes halogenated alkanes) is 1. The van der Waals surface area contributed by atoms with Crippen LogP contribution in [0.15, 0.2) is 25.3 Å². The van der Waals surface area contributed by atoms with Crippen molar-refractivity contribution in [1.29, 1.82) is 0 Å².